The van der Waals surface area contributed by atoms with Crippen LogP contribution in [0.15, 0.2) is 30.3 Å². The zero-order valence-corrected chi connectivity index (χ0v) is 12.9. The van der Waals surface area contributed by atoms with Gasteiger partial charge in [0.25, 0.3) is 0 Å². The Morgan fingerprint density at radius 1 is 1.40 bits per heavy atom. The number of carbonyl (C=O) groups excluding carboxylic acids is 1. The van der Waals surface area contributed by atoms with Crippen LogP contribution in [-0.2, 0) is 11.2 Å². The molecule has 1 aliphatic rings. The molecule has 1 aromatic rings. The first-order valence-corrected chi connectivity index (χ1v) is 8.45. The van der Waals surface area contributed by atoms with Crippen molar-refractivity contribution in [3.8, 4) is 0 Å². The van der Waals surface area contributed by atoms with Crippen LogP contribution in [0.1, 0.15) is 31.7 Å². The molecule has 3 N–H and O–H groups in total. The minimum atomic E-state index is -0.449. The molecule has 2 rings (SSSR count). The first kappa shape index (κ1) is 15.4. The Bertz CT molecular complexity index is 424. The predicted molar refractivity (Wildman–Crippen MR) is 85.8 cm³/mol. The minimum absolute atomic E-state index is 0.0130. The number of thioether (sulfide) groups is 1. The van der Waals surface area contributed by atoms with E-state index in [4.69, 9.17) is 5.73 Å². The molecule has 1 saturated carbocycles. The highest BCUT2D eigenvalue weighted by Crippen LogP contribution is 2.29. The molecule has 20 heavy (non-hydrogen) atoms. The van der Waals surface area contributed by atoms with E-state index in [0.717, 1.165) is 24.2 Å². The molecule has 0 bridgehead atoms. The van der Waals surface area contributed by atoms with E-state index in [-0.39, 0.29) is 5.91 Å². The highest BCUT2D eigenvalue weighted by molar-refractivity contribution is 7.99. The zero-order valence-electron chi connectivity index (χ0n) is 12.0. The molecule has 0 aliphatic heterocycles. The lowest BCUT2D eigenvalue weighted by molar-refractivity contribution is -0.123. The number of nitrogens with two attached hydrogens (primary N) is 1. The van der Waals surface area contributed by atoms with E-state index in [9.17, 15) is 4.79 Å². The third-order valence-corrected chi connectivity index (χ3v) is 5.00. The number of hydrogen-bond acceptors (Lipinski definition) is 3. The second-order valence-corrected chi connectivity index (χ2v) is 6.97. The van der Waals surface area contributed by atoms with Crippen LogP contribution >= 0.6 is 11.8 Å². The average molecular weight is 292 g/mol. The third kappa shape index (κ3) is 4.53. The van der Waals surface area contributed by atoms with E-state index >= 15 is 0 Å². The number of nitrogens with one attached hydrogen (secondary N) is 1. The molecular weight excluding hydrogens is 268 g/mol. The summed E-state index contributed by atoms with van der Waals surface area (Å²) in [7, 11) is 0. The van der Waals surface area contributed by atoms with Gasteiger partial charge in [0.15, 0.2) is 0 Å². The molecule has 1 fully saturated rings. The van der Waals surface area contributed by atoms with Crippen molar-refractivity contribution in [2.24, 2.45) is 5.73 Å². The lowest BCUT2D eigenvalue weighted by atomic mass is 10.1. The fraction of sp³-hybridized carbons (Fsp3) is 0.562. The molecule has 3 nitrogen and oxygen atoms in total. The first-order chi connectivity index (χ1) is 9.69. The lowest BCUT2D eigenvalue weighted by Crippen LogP contribution is -2.45. The van der Waals surface area contributed by atoms with Gasteiger partial charge in [-0.1, -0.05) is 37.3 Å². The maximum Gasteiger partial charge on any atom is 0.237 e. The summed E-state index contributed by atoms with van der Waals surface area (Å²) in [5.41, 5.74) is 7.12. The van der Waals surface area contributed by atoms with Gasteiger partial charge in [-0.15, -0.1) is 0 Å². The molecule has 4 heteroatoms. The van der Waals surface area contributed by atoms with E-state index in [1.165, 1.54) is 6.42 Å². The number of carbonyl (C=O) groups is 1. The summed E-state index contributed by atoms with van der Waals surface area (Å²) in [6, 6.07) is 9.81. The van der Waals surface area contributed by atoms with Crippen molar-refractivity contribution in [3.05, 3.63) is 35.9 Å². The molecule has 1 amide bonds. The molecule has 110 valence electrons. The van der Waals surface area contributed by atoms with E-state index in [0.29, 0.717) is 17.7 Å². The first-order valence-electron chi connectivity index (χ1n) is 7.40. The van der Waals surface area contributed by atoms with Crippen molar-refractivity contribution >= 4 is 17.7 Å². The number of amides is 1. The van der Waals surface area contributed by atoms with E-state index in [2.05, 4.69) is 12.2 Å². The summed E-state index contributed by atoms with van der Waals surface area (Å²) in [5, 5.41) is 3.81. The Hall–Kier alpha value is -1.00. The Kier molecular flexibility index (Phi) is 5.92. The molecular formula is C16H24N2OS. The van der Waals surface area contributed by atoms with Gasteiger partial charge >= 0.3 is 0 Å². The summed E-state index contributed by atoms with van der Waals surface area (Å²) < 4.78 is 0. The SMILES string of the molecule is CCSC1CCC(NC(=O)C(N)Cc2ccccc2)C1. The maximum absolute atomic E-state index is 12.1. The van der Waals surface area contributed by atoms with Gasteiger partial charge < -0.3 is 11.1 Å². The third-order valence-electron chi connectivity index (χ3n) is 3.77. The highest BCUT2D eigenvalue weighted by atomic mass is 32.2. The average Bonchev–Trinajstić information content (AvgIpc) is 2.87. The summed E-state index contributed by atoms with van der Waals surface area (Å²) in [5.74, 6) is 1.14. The van der Waals surface area contributed by atoms with Crippen LogP contribution in [0.2, 0.25) is 0 Å². The van der Waals surface area contributed by atoms with Gasteiger partial charge in [0.05, 0.1) is 6.04 Å². The molecule has 1 aliphatic carbocycles. The monoisotopic (exact) mass is 292 g/mol. The van der Waals surface area contributed by atoms with Gasteiger partial charge in [-0.25, -0.2) is 0 Å². The molecule has 0 heterocycles. The number of benzene rings is 1. The molecule has 1 aromatic carbocycles. The van der Waals surface area contributed by atoms with E-state index in [1.807, 2.05) is 42.1 Å². The van der Waals surface area contributed by atoms with Crippen molar-refractivity contribution in [2.45, 2.75) is 49.9 Å². The quantitative estimate of drug-likeness (QED) is 0.846. The summed E-state index contributed by atoms with van der Waals surface area (Å²) in [4.78, 5) is 12.1. The van der Waals surface area contributed by atoms with Crippen LogP contribution in [-0.4, -0.2) is 29.0 Å². The molecule has 0 spiro atoms. The van der Waals surface area contributed by atoms with E-state index < -0.39 is 6.04 Å². The van der Waals surface area contributed by atoms with Crippen LogP contribution < -0.4 is 11.1 Å². The largest absolute Gasteiger partial charge is 0.352 e. The summed E-state index contributed by atoms with van der Waals surface area (Å²) >= 11 is 2.00. The maximum atomic E-state index is 12.1. The van der Waals surface area contributed by atoms with Gasteiger partial charge in [0.2, 0.25) is 5.91 Å². The number of hydrogen-bond donors (Lipinski definition) is 2. The molecule has 3 atom stereocenters. The topological polar surface area (TPSA) is 55.1 Å². The molecule has 3 unspecified atom stereocenters. The minimum Gasteiger partial charge on any atom is -0.352 e. The second kappa shape index (κ2) is 7.70. The highest BCUT2D eigenvalue weighted by Gasteiger charge is 2.27. The van der Waals surface area contributed by atoms with Crippen molar-refractivity contribution in [1.29, 1.82) is 0 Å². The Balaban J connectivity index is 1.77. The van der Waals surface area contributed by atoms with Gasteiger partial charge in [0, 0.05) is 11.3 Å². The van der Waals surface area contributed by atoms with Crippen LogP contribution in [0.4, 0.5) is 0 Å². The van der Waals surface area contributed by atoms with E-state index in [1.54, 1.807) is 0 Å². The van der Waals surface area contributed by atoms with Crippen molar-refractivity contribution in [1.82, 2.24) is 5.32 Å². The standard InChI is InChI=1S/C16H24N2OS/c1-2-20-14-9-8-13(11-14)18-16(19)15(17)10-12-6-4-3-5-7-12/h3-7,13-15H,2,8-11,17H2,1H3,(H,18,19). The Labute approximate surface area is 125 Å². The van der Waals surface area contributed by atoms with Crippen LogP contribution in [0.25, 0.3) is 0 Å². The Morgan fingerprint density at radius 3 is 2.85 bits per heavy atom. The lowest BCUT2D eigenvalue weighted by Gasteiger charge is -2.17. The van der Waals surface area contributed by atoms with Crippen LogP contribution in [0.5, 0.6) is 0 Å². The van der Waals surface area contributed by atoms with Crippen LogP contribution in [0, 0.1) is 0 Å². The smallest absolute Gasteiger partial charge is 0.237 e. The molecule has 0 aromatic heterocycles. The molecule has 0 radical (unpaired) electrons. The molecule has 0 saturated heterocycles. The predicted octanol–water partition coefficient (Wildman–Crippen LogP) is 2.35. The zero-order chi connectivity index (χ0) is 14.4. The van der Waals surface area contributed by atoms with Crippen LogP contribution in [0.3, 0.4) is 0 Å². The van der Waals surface area contributed by atoms with Crippen molar-refractivity contribution < 1.29 is 4.79 Å². The summed E-state index contributed by atoms with van der Waals surface area (Å²) in [6.07, 6.45) is 3.98. The Morgan fingerprint density at radius 2 is 2.15 bits per heavy atom. The van der Waals surface area contributed by atoms with Crippen molar-refractivity contribution in [3.63, 3.8) is 0 Å². The second-order valence-electron chi connectivity index (χ2n) is 5.39. The van der Waals surface area contributed by atoms with Gasteiger partial charge in [-0.05, 0) is 37.0 Å². The van der Waals surface area contributed by atoms with Gasteiger partial charge in [-0.3, -0.25) is 4.79 Å². The number of rotatable bonds is 6. The van der Waals surface area contributed by atoms with Crippen molar-refractivity contribution in [2.75, 3.05) is 5.75 Å². The fourth-order valence-electron chi connectivity index (χ4n) is 2.73. The van der Waals surface area contributed by atoms with Gasteiger partial charge in [-0.2, -0.15) is 11.8 Å². The van der Waals surface area contributed by atoms with Gasteiger partial charge in [0.1, 0.15) is 0 Å². The summed E-state index contributed by atoms with van der Waals surface area (Å²) in [6.45, 7) is 2.19. The normalized spacial score (nSPS) is 23.5. The fourth-order valence-corrected chi connectivity index (χ4v) is 3.87.